The van der Waals surface area contributed by atoms with E-state index in [2.05, 4.69) is 9.97 Å². The molecule has 0 bridgehead atoms. The van der Waals surface area contributed by atoms with Crippen LogP contribution in [0.5, 0.6) is 0 Å². The summed E-state index contributed by atoms with van der Waals surface area (Å²) in [6.07, 6.45) is 1.32. The lowest BCUT2D eigenvalue weighted by atomic mass is 10.3. The van der Waals surface area contributed by atoms with Crippen molar-refractivity contribution in [2.45, 2.75) is 0 Å². The Kier molecular flexibility index (Phi) is 3.18. The Hall–Kier alpha value is -2.50. The molecule has 0 saturated carbocycles. The first-order valence-corrected chi connectivity index (χ1v) is 5.14. The summed E-state index contributed by atoms with van der Waals surface area (Å²) in [5.74, 6) is -1.45. The van der Waals surface area contributed by atoms with Crippen LogP contribution in [0.2, 0.25) is 0 Å². The van der Waals surface area contributed by atoms with Gasteiger partial charge in [0, 0.05) is 13.2 Å². The predicted octanol–water partition coefficient (Wildman–Crippen LogP) is 2.08. The molecule has 1 aromatic carbocycles. The van der Waals surface area contributed by atoms with Crippen LogP contribution in [0, 0.1) is 5.82 Å². The lowest BCUT2D eigenvalue weighted by Gasteiger charge is -2.17. The number of carbonyl (C=O) groups is 1. The first kappa shape index (κ1) is 12.0. The van der Waals surface area contributed by atoms with Crippen molar-refractivity contribution in [2.24, 2.45) is 0 Å². The van der Waals surface area contributed by atoms with Crippen molar-refractivity contribution < 1.29 is 14.3 Å². The summed E-state index contributed by atoms with van der Waals surface area (Å²) >= 11 is 0. The molecular formula is C12H10FN3O2. The van der Waals surface area contributed by atoms with E-state index in [1.54, 1.807) is 25.2 Å². The molecule has 5 nitrogen and oxygen atoms in total. The minimum absolute atomic E-state index is 0.125. The maximum atomic E-state index is 13.6. The van der Waals surface area contributed by atoms with Crippen LogP contribution in [0.15, 0.2) is 36.5 Å². The molecule has 2 aromatic rings. The van der Waals surface area contributed by atoms with Gasteiger partial charge < -0.3 is 10.0 Å². The number of anilines is 2. The average molecular weight is 247 g/mol. The van der Waals surface area contributed by atoms with Crippen LogP contribution in [-0.4, -0.2) is 28.1 Å². The van der Waals surface area contributed by atoms with Gasteiger partial charge in [0.2, 0.25) is 5.95 Å². The molecule has 18 heavy (non-hydrogen) atoms. The van der Waals surface area contributed by atoms with E-state index in [9.17, 15) is 9.18 Å². The van der Waals surface area contributed by atoms with Gasteiger partial charge in [-0.15, -0.1) is 0 Å². The number of hydrogen-bond donors (Lipinski definition) is 1. The molecule has 0 aliphatic heterocycles. The first-order valence-electron chi connectivity index (χ1n) is 5.14. The van der Waals surface area contributed by atoms with Crippen molar-refractivity contribution in [3.8, 4) is 0 Å². The summed E-state index contributed by atoms with van der Waals surface area (Å²) in [5.41, 5.74) is 0.142. The molecule has 0 aliphatic carbocycles. The van der Waals surface area contributed by atoms with Crippen LogP contribution in [0.3, 0.4) is 0 Å². The van der Waals surface area contributed by atoms with Gasteiger partial charge in [-0.25, -0.2) is 19.2 Å². The van der Waals surface area contributed by atoms with E-state index in [1.807, 2.05) is 0 Å². The van der Waals surface area contributed by atoms with Crippen LogP contribution in [0.4, 0.5) is 16.0 Å². The highest BCUT2D eigenvalue weighted by atomic mass is 19.1. The fourth-order valence-corrected chi connectivity index (χ4v) is 1.46. The van der Waals surface area contributed by atoms with Crippen molar-refractivity contribution in [2.75, 3.05) is 11.9 Å². The second-order valence-electron chi connectivity index (χ2n) is 3.56. The second kappa shape index (κ2) is 4.79. The van der Waals surface area contributed by atoms with E-state index >= 15 is 0 Å². The monoisotopic (exact) mass is 247 g/mol. The molecular weight excluding hydrogens is 237 g/mol. The van der Waals surface area contributed by atoms with Gasteiger partial charge in [0.05, 0.1) is 5.69 Å². The molecule has 1 heterocycles. The quantitative estimate of drug-likeness (QED) is 0.899. The molecule has 0 fully saturated rings. The number of carboxylic acids is 1. The highest BCUT2D eigenvalue weighted by Gasteiger charge is 2.13. The molecule has 0 unspecified atom stereocenters. The zero-order valence-corrected chi connectivity index (χ0v) is 9.54. The number of para-hydroxylation sites is 1. The minimum atomic E-state index is -1.15. The normalized spacial score (nSPS) is 10.1. The van der Waals surface area contributed by atoms with Gasteiger partial charge in [-0.2, -0.15) is 0 Å². The van der Waals surface area contributed by atoms with Crippen molar-refractivity contribution in [1.29, 1.82) is 0 Å². The van der Waals surface area contributed by atoms with Crippen molar-refractivity contribution >= 4 is 17.6 Å². The van der Waals surface area contributed by atoms with E-state index in [1.165, 1.54) is 23.2 Å². The largest absolute Gasteiger partial charge is 0.477 e. The summed E-state index contributed by atoms with van der Waals surface area (Å²) in [4.78, 5) is 19.9. The Bertz CT molecular complexity index is 589. The zero-order chi connectivity index (χ0) is 13.1. The summed E-state index contributed by atoms with van der Waals surface area (Å²) in [5, 5.41) is 8.83. The summed E-state index contributed by atoms with van der Waals surface area (Å²) < 4.78 is 13.6. The summed E-state index contributed by atoms with van der Waals surface area (Å²) in [7, 11) is 1.57. The van der Waals surface area contributed by atoms with Gasteiger partial charge in [0.1, 0.15) is 5.82 Å². The number of rotatable bonds is 3. The van der Waals surface area contributed by atoms with E-state index in [4.69, 9.17) is 5.11 Å². The zero-order valence-electron chi connectivity index (χ0n) is 9.54. The Morgan fingerprint density at radius 2 is 2.06 bits per heavy atom. The summed E-state index contributed by atoms with van der Waals surface area (Å²) in [6.45, 7) is 0. The van der Waals surface area contributed by atoms with Crippen molar-refractivity contribution in [3.63, 3.8) is 0 Å². The molecule has 0 saturated heterocycles. The van der Waals surface area contributed by atoms with Crippen LogP contribution in [-0.2, 0) is 0 Å². The number of carboxylic acid groups (broad SMARTS) is 1. The van der Waals surface area contributed by atoms with E-state index in [-0.39, 0.29) is 17.3 Å². The topological polar surface area (TPSA) is 66.3 Å². The number of halogens is 1. The van der Waals surface area contributed by atoms with Gasteiger partial charge >= 0.3 is 5.97 Å². The second-order valence-corrected chi connectivity index (χ2v) is 3.56. The van der Waals surface area contributed by atoms with Gasteiger partial charge in [0.25, 0.3) is 0 Å². The Balaban J connectivity index is 2.40. The molecule has 1 aromatic heterocycles. The van der Waals surface area contributed by atoms with Crippen LogP contribution in [0.1, 0.15) is 10.5 Å². The standard InChI is InChI=1S/C12H10FN3O2/c1-16(10-5-3-2-4-8(10)13)12-14-7-6-9(15-12)11(17)18/h2-7H,1H3,(H,17,18). The number of benzene rings is 1. The fourth-order valence-electron chi connectivity index (χ4n) is 1.46. The highest BCUT2D eigenvalue weighted by molar-refractivity contribution is 5.85. The van der Waals surface area contributed by atoms with Crippen LogP contribution in [0.25, 0.3) is 0 Å². The smallest absolute Gasteiger partial charge is 0.354 e. The number of hydrogen-bond acceptors (Lipinski definition) is 4. The number of aromatic carboxylic acids is 1. The molecule has 0 spiro atoms. The third kappa shape index (κ3) is 2.27. The number of aromatic nitrogens is 2. The molecule has 0 aliphatic rings. The maximum absolute atomic E-state index is 13.6. The lowest BCUT2D eigenvalue weighted by Crippen LogP contribution is -2.16. The molecule has 1 N–H and O–H groups in total. The Morgan fingerprint density at radius 1 is 1.33 bits per heavy atom. The van der Waals surface area contributed by atoms with Gasteiger partial charge in [0.15, 0.2) is 5.69 Å². The Labute approximate surface area is 103 Å². The van der Waals surface area contributed by atoms with E-state index < -0.39 is 11.8 Å². The predicted molar refractivity (Wildman–Crippen MR) is 63.5 cm³/mol. The van der Waals surface area contributed by atoms with Gasteiger partial charge in [-0.05, 0) is 18.2 Å². The van der Waals surface area contributed by atoms with Crippen LogP contribution < -0.4 is 4.90 Å². The molecule has 0 radical (unpaired) electrons. The van der Waals surface area contributed by atoms with E-state index in [0.29, 0.717) is 0 Å². The van der Waals surface area contributed by atoms with Crippen LogP contribution >= 0.6 is 0 Å². The molecule has 6 heteroatoms. The Morgan fingerprint density at radius 3 is 2.72 bits per heavy atom. The molecule has 2 rings (SSSR count). The average Bonchev–Trinajstić information content (AvgIpc) is 2.38. The van der Waals surface area contributed by atoms with E-state index in [0.717, 1.165) is 0 Å². The van der Waals surface area contributed by atoms with Gasteiger partial charge in [-0.3, -0.25) is 0 Å². The summed E-state index contributed by atoms with van der Waals surface area (Å²) in [6, 6.07) is 7.40. The third-order valence-electron chi connectivity index (χ3n) is 2.38. The number of nitrogens with zero attached hydrogens (tertiary/aromatic N) is 3. The van der Waals surface area contributed by atoms with Crippen molar-refractivity contribution in [3.05, 3.63) is 48.0 Å². The van der Waals surface area contributed by atoms with Crippen molar-refractivity contribution in [1.82, 2.24) is 9.97 Å². The molecule has 92 valence electrons. The van der Waals surface area contributed by atoms with Gasteiger partial charge in [-0.1, -0.05) is 12.1 Å². The third-order valence-corrected chi connectivity index (χ3v) is 2.38. The lowest BCUT2D eigenvalue weighted by molar-refractivity contribution is 0.0690. The highest BCUT2D eigenvalue weighted by Crippen LogP contribution is 2.22. The minimum Gasteiger partial charge on any atom is -0.477 e. The SMILES string of the molecule is CN(c1nccc(C(=O)O)n1)c1ccccc1F. The maximum Gasteiger partial charge on any atom is 0.354 e. The first-order chi connectivity index (χ1) is 8.59. The fraction of sp³-hybridized carbons (Fsp3) is 0.0833. The molecule has 0 atom stereocenters. The molecule has 0 amide bonds.